The minimum absolute atomic E-state index is 0. The van der Waals surface area contributed by atoms with Crippen molar-refractivity contribution in [1.29, 1.82) is 0 Å². The molecule has 2 fully saturated rings. The van der Waals surface area contributed by atoms with Crippen LogP contribution in [0.1, 0.15) is 95.9 Å². The molecular formula is C62H74Cl2N2O4P2Rh2-2. The fourth-order valence-corrected chi connectivity index (χ4v) is 15.5. The predicted octanol–water partition coefficient (Wildman–Crippen LogP) is 6.92. The van der Waals surface area contributed by atoms with Gasteiger partial charge in [0.05, 0.1) is 44.9 Å². The van der Waals surface area contributed by atoms with Gasteiger partial charge in [-0.2, -0.15) is 9.97 Å². The van der Waals surface area contributed by atoms with E-state index >= 15 is 0 Å². The molecule has 8 rings (SSSR count). The maximum atomic E-state index is 6.44. The van der Waals surface area contributed by atoms with Crippen LogP contribution >= 0.6 is 15.8 Å². The summed E-state index contributed by atoms with van der Waals surface area (Å²) in [6, 6.07) is 31.5. The Kier molecular flexibility index (Phi) is 30.9. The van der Waals surface area contributed by atoms with Crippen molar-refractivity contribution in [2.45, 2.75) is 107 Å². The Morgan fingerprint density at radius 3 is 0.892 bits per heavy atom. The molecule has 2 saturated carbocycles. The number of halogens is 2. The summed E-state index contributed by atoms with van der Waals surface area (Å²) < 4.78 is 24.4. The van der Waals surface area contributed by atoms with Crippen LogP contribution in [0.15, 0.2) is 84.9 Å². The SMILES string of the molecule is COc1ccc(-c2c(OC)nc(OC)c(P(c3cc(C)cc(C)c3)c3cc(C)cc(C)c3)c2P(c2cc(C)cc(C)c2)c2cc(C)cc(C)c2)c(OC)n1.[CH]1[CH]CC[CH][CH]CC1.[CH]1[CH]CC[CH][CH]CC1.[Cl-].[Cl-].[Rh].[Rh]. The molecule has 0 spiro atoms. The average Bonchev–Trinajstić information content (AvgIpc) is 3.28. The van der Waals surface area contributed by atoms with E-state index in [9.17, 15) is 0 Å². The molecular weight excluding hydrogens is 1180 g/mol. The zero-order chi connectivity index (χ0) is 50.2. The van der Waals surface area contributed by atoms with Gasteiger partial charge in [-0.15, -0.1) is 0 Å². The van der Waals surface area contributed by atoms with E-state index in [1.807, 2.05) is 12.1 Å². The molecule has 0 saturated heterocycles. The second-order valence-electron chi connectivity index (χ2n) is 18.4. The molecule has 12 heteroatoms. The molecule has 2 aliphatic carbocycles. The van der Waals surface area contributed by atoms with E-state index in [0.29, 0.717) is 23.5 Å². The summed E-state index contributed by atoms with van der Waals surface area (Å²) >= 11 is 0. The number of nitrogens with zero attached hydrogens (tertiary/aromatic N) is 2. The summed E-state index contributed by atoms with van der Waals surface area (Å²) in [6.45, 7) is 17.4. The van der Waals surface area contributed by atoms with Gasteiger partial charge in [0, 0.05) is 50.3 Å². The molecule has 0 amide bonds. The number of rotatable bonds is 11. The molecule has 0 atom stereocenters. The monoisotopic (exact) mass is 1250 g/mol. The molecule has 2 aromatic heterocycles. The number of hydrogen-bond acceptors (Lipinski definition) is 6. The molecule has 4 aromatic carbocycles. The molecule has 6 aromatic rings. The van der Waals surface area contributed by atoms with Gasteiger partial charge in [0.15, 0.2) is 0 Å². The van der Waals surface area contributed by atoms with E-state index < -0.39 is 15.8 Å². The Hall–Kier alpha value is -2.93. The van der Waals surface area contributed by atoms with Crippen LogP contribution < -0.4 is 75.6 Å². The van der Waals surface area contributed by atoms with Gasteiger partial charge in [0.2, 0.25) is 23.5 Å². The van der Waals surface area contributed by atoms with Crippen molar-refractivity contribution in [3.63, 3.8) is 0 Å². The van der Waals surface area contributed by atoms with Crippen LogP contribution in [-0.2, 0) is 39.0 Å². The molecule has 74 heavy (non-hydrogen) atoms. The molecule has 400 valence electrons. The van der Waals surface area contributed by atoms with Crippen molar-refractivity contribution in [2.75, 3.05) is 28.4 Å². The predicted molar refractivity (Wildman–Crippen MR) is 300 cm³/mol. The Balaban J connectivity index is 0.000000798. The van der Waals surface area contributed by atoms with E-state index in [2.05, 4.69) is 180 Å². The Labute approximate surface area is 487 Å². The fraction of sp³-hybridized carbons (Fsp3) is 0.323. The molecule has 6 nitrogen and oxygen atoms in total. The Morgan fingerprint density at radius 1 is 0.338 bits per heavy atom. The van der Waals surface area contributed by atoms with Crippen LogP contribution in [0.25, 0.3) is 11.1 Å². The van der Waals surface area contributed by atoms with Gasteiger partial charge >= 0.3 is 0 Å². The van der Waals surface area contributed by atoms with Crippen LogP contribution in [0.2, 0.25) is 0 Å². The average molecular weight is 1250 g/mol. The number of pyridine rings is 2. The van der Waals surface area contributed by atoms with Crippen LogP contribution in [0.4, 0.5) is 0 Å². The molecule has 2 aliphatic rings. The van der Waals surface area contributed by atoms with Crippen LogP contribution in [0.5, 0.6) is 23.5 Å². The summed E-state index contributed by atoms with van der Waals surface area (Å²) in [5.74, 6) is 1.85. The quantitative estimate of drug-likeness (QED) is 0.104. The van der Waals surface area contributed by atoms with Crippen molar-refractivity contribution < 1.29 is 82.7 Å². The summed E-state index contributed by atoms with van der Waals surface area (Å²) in [7, 11) is 4.09. The third-order valence-electron chi connectivity index (χ3n) is 11.9. The van der Waals surface area contributed by atoms with E-state index in [-0.39, 0.29) is 63.8 Å². The van der Waals surface area contributed by atoms with Gasteiger partial charge < -0.3 is 43.8 Å². The van der Waals surface area contributed by atoms with Gasteiger partial charge in [-0.25, -0.2) is 0 Å². The first-order valence-electron chi connectivity index (χ1n) is 24.6. The first-order valence-corrected chi connectivity index (χ1v) is 27.3. The first-order chi connectivity index (χ1) is 33.8. The molecule has 0 aliphatic heterocycles. The molecule has 10 radical (unpaired) electrons. The first kappa shape index (κ1) is 67.2. The smallest absolute Gasteiger partial charge is 0.225 e. The maximum absolute atomic E-state index is 6.44. The molecule has 0 bridgehead atoms. The zero-order valence-electron chi connectivity index (χ0n) is 45.2. The van der Waals surface area contributed by atoms with Crippen LogP contribution in [0, 0.1) is 107 Å². The Morgan fingerprint density at radius 2 is 0.622 bits per heavy atom. The fourth-order valence-electron chi connectivity index (χ4n) is 9.20. The van der Waals surface area contributed by atoms with Gasteiger partial charge in [-0.1, -0.05) is 117 Å². The van der Waals surface area contributed by atoms with Crippen LogP contribution in [-0.4, -0.2) is 38.4 Å². The normalized spacial score (nSPS) is 13.4. The maximum Gasteiger partial charge on any atom is 0.225 e. The van der Waals surface area contributed by atoms with E-state index in [4.69, 9.17) is 28.9 Å². The van der Waals surface area contributed by atoms with Crippen molar-refractivity contribution >= 4 is 47.7 Å². The van der Waals surface area contributed by atoms with Gasteiger partial charge in [0.1, 0.15) is 0 Å². The summed E-state index contributed by atoms with van der Waals surface area (Å²) in [5, 5.41) is 7.03. The summed E-state index contributed by atoms with van der Waals surface area (Å²) in [5.41, 5.74) is 11.2. The second kappa shape index (κ2) is 34.1. The zero-order valence-corrected chi connectivity index (χ0v) is 51.8. The van der Waals surface area contributed by atoms with Gasteiger partial charge in [-0.05, 0) is 201 Å². The summed E-state index contributed by atoms with van der Waals surface area (Å²) in [6.07, 6.45) is 28.0. The largest absolute Gasteiger partial charge is 1.00 e. The van der Waals surface area contributed by atoms with Gasteiger partial charge in [0.25, 0.3) is 0 Å². The molecule has 2 heterocycles. The number of aryl methyl sites for hydroxylation is 8. The number of ether oxygens (including phenoxy) is 4. The van der Waals surface area contributed by atoms with E-state index in [0.717, 1.165) is 21.7 Å². The third kappa shape index (κ3) is 18.9. The standard InChI is InChI=1S/C46H50N2O4P2.2C8H12.2ClH.2Rh/c1-27-15-28(2)20-35(19-27)53(36-21-29(3)16-30(4)22-36)42-41(39-13-14-40(49-9)47-44(39)50-10)45(51-11)48-46(52-12)43(42)54(37-23-31(5)17-32(6)24-37)38-25-33(7)18-34(8)26-38;2*1-2-4-6-8-7-5-3-1;;;;/h13-26H,1-12H3;2*1-2,7-8H,3-6H2;2*1H;;/p-2. The number of hydrogen-bond donors (Lipinski definition) is 0. The van der Waals surface area contributed by atoms with Gasteiger partial charge in [-0.3, -0.25) is 0 Å². The van der Waals surface area contributed by atoms with E-state index in [1.54, 1.807) is 28.4 Å². The van der Waals surface area contributed by atoms with E-state index in [1.165, 1.54) is 117 Å². The van der Waals surface area contributed by atoms with Crippen molar-refractivity contribution in [3.05, 3.63) is 181 Å². The summed E-state index contributed by atoms with van der Waals surface area (Å²) in [4.78, 5) is 10.0. The van der Waals surface area contributed by atoms with Crippen molar-refractivity contribution in [3.8, 4) is 34.6 Å². The number of aromatic nitrogens is 2. The molecule has 0 unspecified atom stereocenters. The number of benzene rings is 4. The topological polar surface area (TPSA) is 62.7 Å². The van der Waals surface area contributed by atoms with Crippen molar-refractivity contribution in [2.24, 2.45) is 0 Å². The minimum atomic E-state index is -1.29. The second-order valence-corrected chi connectivity index (χ2v) is 22.7. The van der Waals surface area contributed by atoms with Crippen LogP contribution in [0.3, 0.4) is 0 Å². The number of methoxy groups -OCH3 is 4. The Bertz CT molecular complexity index is 2420. The van der Waals surface area contributed by atoms with Crippen molar-refractivity contribution in [1.82, 2.24) is 9.97 Å². The third-order valence-corrected chi connectivity index (χ3v) is 17.0. The molecule has 0 N–H and O–H groups in total. The minimum Gasteiger partial charge on any atom is -1.00 e.